The van der Waals surface area contributed by atoms with Gasteiger partial charge < -0.3 is 0 Å². The third-order valence-corrected chi connectivity index (χ3v) is 4.58. The molecule has 0 radical (unpaired) electrons. The van der Waals surface area contributed by atoms with E-state index in [9.17, 15) is 4.39 Å². The van der Waals surface area contributed by atoms with Gasteiger partial charge in [0.2, 0.25) is 0 Å². The van der Waals surface area contributed by atoms with E-state index < -0.39 is 0 Å². The molecule has 0 N–H and O–H groups in total. The first-order valence-electron chi connectivity index (χ1n) is 6.93. The van der Waals surface area contributed by atoms with Crippen molar-refractivity contribution in [2.45, 2.75) is 31.0 Å². The summed E-state index contributed by atoms with van der Waals surface area (Å²) in [7, 11) is 0. The number of benzene rings is 1. The molecule has 1 aliphatic carbocycles. The number of nitriles is 1. The fourth-order valence-electron chi connectivity index (χ4n) is 2.10. The van der Waals surface area contributed by atoms with E-state index in [2.05, 4.69) is 16.3 Å². The van der Waals surface area contributed by atoms with Crippen LogP contribution in [-0.2, 0) is 0 Å². The van der Waals surface area contributed by atoms with Crippen molar-refractivity contribution in [3.8, 4) is 17.5 Å². The van der Waals surface area contributed by atoms with E-state index in [0.29, 0.717) is 23.2 Å². The van der Waals surface area contributed by atoms with E-state index in [1.807, 2.05) is 11.5 Å². The maximum atomic E-state index is 14.0. The average molecular weight is 302 g/mol. The minimum Gasteiger partial charge on any atom is -0.299 e. The van der Waals surface area contributed by atoms with Gasteiger partial charge in [-0.25, -0.2) is 4.39 Å². The van der Waals surface area contributed by atoms with Crippen molar-refractivity contribution in [3.05, 3.63) is 30.1 Å². The molecule has 0 unspecified atom stereocenters. The maximum absolute atomic E-state index is 14.0. The normalized spacial score (nSPS) is 15.7. The highest BCUT2D eigenvalue weighted by molar-refractivity contribution is 7.99. The van der Waals surface area contributed by atoms with Crippen LogP contribution in [0.15, 0.2) is 29.4 Å². The van der Waals surface area contributed by atoms with Gasteiger partial charge in [0.25, 0.3) is 0 Å². The van der Waals surface area contributed by atoms with E-state index in [-0.39, 0.29) is 11.7 Å². The first kappa shape index (κ1) is 14.1. The average Bonchev–Trinajstić information content (AvgIpc) is 3.25. The number of halogens is 1. The molecule has 108 valence electrons. The minimum absolute atomic E-state index is 0.0451. The first-order valence-corrected chi connectivity index (χ1v) is 7.91. The number of thioether (sulfide) groups is 1. The van der Waals surface area contributed by atoms with E-state index in [1.54, 1.807) is 18.2 Å². The highest BCUT2D eigenvalue weighted by atomic mass is 32.2. The molecule has 0 spiro atoms. The maximum Gasteiger partial charge on any atom is 0.191 e. The van der Waals surface area contributed by atoms with Crippen LogP contribution in [0.4, 0.5) is 4.39 Å². The zero-order valence-electron chi connectivity index (χ0n) is 11.7. The van der Waals surface area contributed by atoms with Crippen molar-refractivity contribution in [2.75, 3.05) is 5.75 Å². The fourth-order valence-corrected chi connectivity index (χ4v) is 3.05. The molecule has 0 saturated heterocycles. The zero-order chi connectivity index (χ0) is 14.8. The highest BCUT2D eigenvalue weighted by Gasteiger charge is 2.30. The molecule has 2 aromatic rings. The van der Waals surface area contributed by atoms with Crippen LogP contribution in [0, 0.1) is 23.1 Å². The van der Waals surface area contributed by atoms with E-state index >= 15 is 0 Å². The van der Waals surface area contributed by atoms with Crippen LogP contribution in [0.3, 0.4) is 0 Å². The largest absolute Gasteiger partial charge is 0.299 e. The molecule has 1 aromatic carbocycles. The van der Waals surface area contributed by atoms with Gasteiger partial charge in [0, 0.05) is 11.8 Å². The van der Waals surface area contributed by atoms with Gasteiger partial charge in [-0.3, -0.25) is 4.57 Å². The Morgan fingerprint density at radius 2 is 2.19 bits per heavy atom. The molecule has 4 nitrogen and oxygen atoms in total. The van der Waals surface area contributed by atoms with Gasteiger partial charge in [-0.05, 0) is 31.9 Å². The lowest BCUT2D eigenvalue weighted by molar-refractivity contribution is 0.622. The highest BCUT2D eigenvalue weighted by Crippen LogP contribution is 2.41. The Balaban J connectivity index is 1.94. The van der Waals surface area contributed by atoms with Crippen molar-refractivity contribution in [3.63, 3.8) is 0 Å². The van der Waals surface area contributed by atoms with Crippen LogP contribution in [0.1, 0.15) is 25.8 Å². The van der Waals surface area contributed by atoms with E-state index in [1.165, 1.54) is 17.8 Å². The summed E-state index contributed by atoms with van der Waals surface area (Å²) in [6.45, 7) is 1.88. The minimum atomic E-state index is -0.284. The second-order valence-corrected chi connectivity index (χ2v) is 6.22. The van der Waals surface area contributed by atoms with Gasteiger partial charge in [0.05, 0.1) is 17.6 Å². The van der Waals surface area contributed by atoms with Crippen molar-refractivity contribution in [1.29, 1.82) is 5.26 Å². The van der Waals surface area contributed by atoms with Crippen LogP contribution in [0.5, 0.6) is 0 Å². The summed E-state index contributed by atoms with van der Waals surface area (Å²) in [6, 6.07) is 9.20. The van der Waals surface area contributed by atoms with Crippen molar-refractivity contribution in [2.24, 2.45) is 5.92 Å². The van der Waals surface area contributed by atoms with Crippen LogP contribution in [0.2, 0.25) is 0 Å². The molecular weight excluding hydrogens is 287 g/mol. The Hall–Kier alpha value is -1.87. The Kier molecular flexibility index (Phi) is 3.93. The predicted molar refractivity (Wildman–Crippen MR) is 79.2 cm³/mol. The van der Waals surface area contributed by atoms with Gasteiger partial charge in [0.1, 0.15) is 5.82 Å². The standard InChI is InChI=1S/C15H15FN4S/c1-10(8-17)9-21-15-19-18-14(20(15)11-6-7-11)12-4-2-3-5-13(12)16/h2-5,10-11H,6-7,9H2,1H3/t10-/m0/s1. The summed E-state index contributed by atoms with van der Waals surface area (Å²) in [5, 5.41) is 18.0. The molecule has 0 amide bonds. The third kappa shape index (κ3) is 2.93. The molecular formula is C15H15FN4S. The second-order valence-electron chi connectivity index (χ2n) is 5.23. The lowest BCUT2D eigenvalue weighted by Gasteiger charge is -2.09. The quantitative estimate of drug-likeness (QED) is 0.791. The zero-order valence-corrected chi connectivity index (χ0v) is 12.5. The summed E-state index contributed by atoms with van der Waals surface area (Å²) < 4.78 is 16.0. The lowest BCUT2D eigenvalue weighted by atomic mass is 10.2. The van der Waals surface area contributed by atoms with Gasteiger partial charge in [-0.1, -0.05) is 23.9 Å². The molecule has 1 aromatic heterocycles. The van der Waals surface area contributed by atoms with Crippen LogP contribution in [0.25, 0.3) is 11.4 Å². The molecule has 0 aliphatic heterocycles. The Bertz CT molecular complexity index is 687. The van der Waals surface area contributed by atoms with Gasteiger partial charge in [-0.2, -0.15) is 5.26 Å². The number of hydrogen-bond donors (Lipinski definition) is 0. The smallest absolute Gasteiger partial charge is 0.191 e. The topological polar surface area (TPSA) is 54.5 Å². The molecule has 0 bridgehead atoms. The molecule has 3 rings (SSSR count). The number of rotatable bonds is 5. The summed E-state index contributed by atoms with van der Waals surface area (Å²) >= 11 is 1.51. The first-order chi connectivity index (χ1) is 10.2. The number of hydrogen-bond acceptors (Lipinski definition) is 4. The summed E-state index contributed by atoms with van der Waals surface area (Å²) in [6.07, 6.45) is 2.14. The molecule has 21 heavy (non-hydrogen) atoms. The summed E-state index contributed by atoms with van der Waals surface area (Å²) in [5.74, 6) is 0.922. The molecule has 1 saturated carbocycles. The SMILES string of the molecule is C[C@@H](C#N)CSc1nnc(-c2ccccc2F)n1C1CC1. The Morgan fingerprint density at radius 3 is 2.86 bits per heavy atom. The van der Waals surface area contributed by atoms with Gasteiger partial charge >= 0.3 is 0 Å². The molecule has 1 heterocycles. The second kappa shape index (κ2) is 5.86. The van der Waals surface area contributed by atoms with Gasteiger partial charge in [-0.15, -0.1) is 10.2 Å². The lowest BCUT2D eigenvalue weighted by Crippen LogP contribution is -2.02. The summed E-state index contributed by atoms with van der Waals surface area (Å²) in [5.41, 5.74) is 0.483. The van der Waals surface area contributed by atoms with Crippen molar-refractivity contribution < 1.29 is 4.39 Å². The number of nitrogens with zero attached hydrogens (tertiary/aromatic N) is 4. The van der Waals surface area contributed by atoms with E-state index in [0.717, 1.165) is 18.0 Å². The predicted octanol–water partition coefficient (Wildman–Crippen LogP) is 3.67. The van der Waals surface area contributed by atoms with Crippen molar-refractivity contribution >= 4 is 11.8 Å². The molecule has 1 aliphatic rings. The van der Waals surface area contributed by atoms with Crippen LogP contribution < -0.4 is 0 Å². The Labute approximate surface area is 127 Å². The van der Waals surface area contributed by atoms with Crippen LogP contribution >= 0.6 is 11.8 Å². The monoisotopic (exact) mass is 302 g/mol. The number of aromatic nitrogens is 3. The van der Waals surface area contributed by atoms with Gasteiger partial charge in [0.15, 0.2) is 11.0 Å². The summed E-state index contributed by atoms with van der Waals surface area (Å²) in [4.78, 5) is 0. The van der Waals surface area contributed by atoms with E-state index in [4.69, 9.17) is 5.26 Å². The fraction of sp³-hybridized carbons (Fsp3) is 0.400. The third-order valence-electron chi connectivity index (χ3n) is 3.37. The molecule has 1 atom stereocenters. The van der Waals surface area contributed by atoms with Crippen molar-refractivity contribution in [1.82, 2.24) is 14.8 Å². The Morgan fingerprint density at radius 1 is 1.43 bits per heavy atom. The molecule has 6 heteroatoms. The molecule has 1 fully saturated rings. The van der Waals surface area contributed by atoms with Crippen LogP contribution in [-0.4, -0.2) is 20.5 Å².